The molecule has 94 valence electrons. The van der Waals surface area contributed by atoms with E-state index in [1.807, 2.05) is 13.8 Å². The van der Waals surface area contributed by atoms with Gasteiger partial charge in [-0.25, -0.2) is 4.98 Å². The van der Waals surface area contributed by atoms with Gasteiger partial charge in [-0.05, 0) is 14.0 Å². The maximum atomic E-state index is 11.0. The summed E-state index contributed by atoms with van der Waals surface area (Å²) in [6.45, 7) is 3.80. The van der Waals surface area contributed by atoms with Crippen LogP contribution < -0.4 is 10.1 Å². The van der Waals surface area contributed by atoms with E-state index in [9.17, 15) is 10.1 Å². The van der Waals surface area contributed by atoms with Crippen molar-refractivity contribution in [3.05, 3.63) is 22.1 Å². The van der Waals surface area contributed by atoms with Crippen molar-refractivity contribution in [2.24, 2.45) is 0 Å². The van der Waals surface area contributed by atoms with Crippen LogP contribution in [0.5, 0.6) is 5.88 Å². The molecule has 0 saturated heterocycles. The molecule has 17 heavy (non-hydrogen) atoms. The molecular formula is C10H16N4O3. The molecule has 2 atom stereocenters. The molecule has 0 saturated carbocycles. The zero-order chi connectivity index (χ0) is 13.0. The van der Waals surface area contributed by atoms with Gasteiger partial charge in [0, 0.05) is 12.0 Å². The zero-order valence-electron chi connectivity index (χ0n) is 10.3. The Kier molecular flexibility index (Phi) is 4.33. The quantitative estimate of drug-likeness (QED) is 0.612. The van der Waals surface area contributed by atoms with Crippen molar-refractivity contribution in [2.75, 3.05) is 14.2 Å². The third-order valence-corrected chi connectivity index (χ3v) is 2.83. The van der Waals surface area contributed by atoms with Gasteiger partial charge in [0.25, 0.3) is 5.88 Å². The molecule has 0 aromatic carbocycles. The normalized spacial score (nSPS) is 14.1. The van der Waals surface area contributed by atoms with Crippen LogP contribution in [0.4, 0.5) is 5.69 Å². The fourth-order valence-corrected chi connectivity index (χ4v) is 1.52. The number of ether oxygens (including phenoxy) is 1. The van der Waals surface area contributed by atoms with Gasteiger partial charge in [-0.15, -0.1) is 0 Å². The molecule has 0 aliphatic rings. The van der Waals surface area contributed by atoms with Crippen molar-refractivity contribution in [1.29, 1.82) is 0 Å². The monoisotopic (exact) mass is 240 g/mol. The summed E-state index contributed by atoms with van der Waals surface area (Å²) in [5.74, 6) is -0.118. The van der Waals surface area contributed by atoms with Crippen LogP contribution in [-0.4, -0.2) is 35.1 Å². The van der Waals surface area contributed by atoms with E-state index in [-0.39, 0.29) is 23.5 Å². The SMILES string of the molecule is CNC(C)C(C)c1ncnc(OC)c1[N+](=O)[O-]. The minimum absolute atomic E-state index is 0.00449. The summed E-state index contributed by atoms with van der Waals surface area (Å²) in [5, 5.41) is 14.1. The second kappa shape index (κ2) is 5.53. The topological polar surface area (TPSA) is 90.2 Å². The van der Waals surface area contributed by atoms with Crippen molar-refractivity contribution >= 4 is 5.69 Å². The Labute approximate surface area is 99.4 Å². The third-order valence-electron chi connectivity index (χ3n) is 2.83. The van der Waals surface area contributed by atoms with Gasteiger partial charge in [0.15, 0.2) is 0 Å². The van der Waals surface area contributed by atoms with Crippen LogP contribution in [-0.2, 0) is 0 Å². The van der Waals surface area contributed by atoms with E-state index in [0.29, 0.717) is 5.69 Å². The molecule has 1 aromatic rings. The Morgan fingerprint density at radius 2 is 2.12 bits per heavy atom. The fourth-order valence-electron chi connectivity index (χ4n) is 1.52. The molecule has 7 nitrogen and oxygen atoms in total. The summed E-state index contributed by atoms with van der Waals surface area (Å²) >= 11 is 0. The van der Waals surface area contributed by atoms with E-state index in [2.05, 4.69) is 15.3 Å². The molecule has 7 heteroatoms. The Hall–Kier alpha value is -1.76. The second-order valence-corrected chi connectivity index (χ2v) is 3.74. The minimum atomic E-state index is -0.507. The molecule has 1 rings (SSSR count). The van der Waals surface area contributed by atoms with Gasteiger partial charge in [-0.2, -0.15) is 4.98 Å². The Bertz CT molecular complexity index is 411. The van der Waals surface area contributed by atoms with E-state index >= 15 is 0 Å². The smallest absolute Gasteiger partial charge is 0.352 e. The first-order chi connectivity index (χ1) is 8.02. The molecule has 1 N–H and O–H groups in total. The predicted molar refractivity (Wildman–Crippen MR) is 62.2 cm³/mol. The van der Waals surface area contributed by atoms with Crippen molar-refractivity contribution in [3.8, 4) is 5.88 Å². The lowest BCUT2D eigenvalue weighted by Gasteiger charge is -2.18. The number of hydrogen-bond acceptors (Lipinski definition) is 6. The largest absolute Gasteiger partial charge is 0.476 e. The average molecular weight is 240 g/mol. The van der Waals surface area contributed by atoms with Crippen LogP contribution in [0.3, 0.4) is 0 Å². The number of hydrogen-bond donors (Lipinski definition) is 1. The molecule has 2 unspecified atom stereocenters. The second-order valence-electron chi connectivity index (χ2n) is 3.74. The number of nitrogens with zero attached hydrogens (tertiary/aromatic N) is 3. The van der Waals surface area contributed by atoms with Crippen molar-refractivity contribution in [1.82, 2.24) is 15.3 Å². The molecule has 0 spiro atoms. The highest BCUT2D eigenvalue weighted by Gasteiger charge is 2.29. The summed E-state index contributed by atoms with van der Waals surface area (Å²) in [4.78, 5) is 18.3. The van der Waals surface area contributed by atoms with Gasteiger partial charge in [0.2, 0.25) is 0 Å². The van der Waals surface area contributed by atoms with E-state index in [4.69, 9.17) is 4.74 Å². The summed E-state index contributed by atoms with van der Waals surface area (Å²) in [5.41, 5.74) is 0.216. The van der Waals surface area contributed by atoms with Crippen LogP contribution in [0.2, 0.25) is 0 Å². The molecule has 0 aliphatic carbocycles. The molecular weight excluding hydrogens is 224 g/mol. The minimum Gasteiger partial charge on any atom is -0.476 e. The summed E-state index contributed by atoms with van der Waals surface area (Å²) in [6.07, 6.45) is 1.28. The predicted octanol–water partition coefficient (Wildman–Crippen LogP) is 1.10. The molecule has 0 aliphatic heterocycles. The van der Waals surface area contributed by atoms with E-state index in [1.165, 1.54) is 13.4 Å². The van der Waals surface area contributed by atoms with Crippen molar-refractivity contribution in [2.45, 2.75) is 25.8 Å². The number of likely N-dealkylation sites (N-methyl/N-ethyl adjacent to an activating group) is 1. The summed E-state index contributed by atoms with van der Waals surface area (Å²) < 4.78 is 4.90. The zero-order valence-corrected chi connectivity index (χ0v) is 10.3. The van der Waals surface area contributed by atoms with Gasteiger partial charge in [0.1, 0.15) is 12.0 Å². The van der Waals surface area contributed by atoms with Crippen LogP contribution in [0, 0.1) is 10.1 Å². The molecule has 0 radical (unpaired) electrons. The number of rotatable bonds is 5. The maximum absolute atomic E-state index is 11.0. The average Bonchev–Trinajstić information content (AvgIpc) is 2.35. The third kappa shape index (κ3) is 2.68. The van der Waals surface area contributed by atoms with Gasteiger partial charge in [-0.1, -0.05) is 6.92 Å². The molecule has 0 amide bonds. The van der Waals surface area contributed by atoms with E-state index in [0.717, 1.165) is 0 Å². The highest BCUT2D eigenvalue weighted by atomic mass is 16.6. The fraction of sp³-hybridized carbons (Fsp3) is 0.600. The lowest BCUT2D eigenvalue weighted by molar-refractivity contribution is -0.387. The van der Waals surface area contributed by atoms with E-state index in [1.54, 1.807) is 7.05 Å². The lowest BCUT2D eigenvalue weighted by Crippen LogP contribution is -2.28. The first kappa shape index (κ1) is 13.3. The highest BCUT2D eigenvalue weighted by Crippen LogP contribution is 2.32. The van der Waals surface area contributed by atoms with Crippen LogP contribution in [0.25, 0.3) is 0 Å². The van der Waals surface area contributed by atoms with Crippen LogP contribution in [0.1, 0.15) is 25.5 Å². The van der Waals surface area contributed by atoms with Crippen LogP contribution >= 0.6 is 0 Å². The standard InChI is InChI=1S/C10H16N4O3/c1-6(7(2)11-3)8-9(14(15)16)10(17-4)13-5-12-8/h5-7,11H,1-4H3. The van der Waals surface area contributed by atoms with Crippen molar-refractivity contribution in [3.63, 3.8) is 0 Å². The van der Waals surface area contributed by atoms with Crippen LogP contribution in [0.15, 0.2) is 6.33 Å². The first-order valence-corrected chi connectivity index (χ1v) is 5.23. The molecule has 0 bridgehead atoms. The van der Waals surface area contributed by atoms with Gasteiger partial charge in [0.05, 0.1) is 12.0 Å². The number of methoxy groups -OCH3 is 1. The lowest BCUT2D eigenvalue weighted by atomic mass is 9.98. The Morgan fingerprint density at radius 1 is 1.47 bits per heavy atom. The summed E-state index contributed by atoms with van der Waals surface area (Å²) in [7, 11) is 3.15. The number of nitro groups is 1. The van der Waals surface area contributed by atoms with Gasteiger partial charge < -0.3 is 10.1 Å². The van der Waals surface area contributed by atoms with Gasteiger partial charge in [-0.3, -0.25) is 10.1 Å². The number of aromatic nitrogens is 2. The molecule has 1 heterocycles. The van der Waals surface area contributed by atoms with Crippen molar-refractivity contribution < 1.29 is 9.66 Å². The Morgan fingerprint density at radius 3 is 2.59 bits per heavy atom. The Balaban J connectivity index is 3.27. The summed E-state index contributed by atoms with van der Waals surface area (Å²) in [6, 6.07) is 0.0632. The first-order valence-electron chi connectivity index (χ1n) is 5.23. The maximum Gasteiger partial charge on any atom is 0.352 e. The number of nitrogens with one attached hydrogen (secondary N) is 1. The molecule has 1 aromatic heterocycles. The van der Waals surface area contributed by atoms with Gasteiger partial charge >= 0.3 is 5.69 Å². The highest BCUT2D eigenvalue weighted by molar-refractivity contribution is 5.46. The molecule has 0 fully saturated rings. The van der Waals surface area contributed by atoms with E-state index < -0.39 is 4.92 Å².